The van der Waals surface area contributed by atoms with Gasteiger partial charge >= 0.3 is 0 Å². The van der Waals surface area contributed by atoms with E-state index in [0.717, 1.165) is 11.1 Å². The van der Waals surface area contributed by atoms with E-state index >= 15 is 0 Å². The molecule has 33 heavy (non-hydrogen) atoms. The molecule has 7 nitrogen and oxygen atoms in total. The van der Waals surface area contributed by atoms with Gasteiger partial charge in [0.05, 0.1) is 24.2 Å². The molecule has 0 saturated carbocycles. The van der Waals surface area contributed by atoms with Gasteiger partial charge in [-0.25, -0.2) is 0 Å². The molecule has 0 fully saturated rings. The molecule has 2 N–H and O–H groups in total. The molecule has 0 unspecified atom stereocenters. The molecule has 168 valence electrons. The Balaban J connectivity index is 1.39. The van der Waals surface area contributed by atoms with Gasteiger partial charge in [0.15, 0.2) is 12.0 Å². The number of fused-ring (bicyclic) bond motifs is 1. The van der Waals surface area contributed by atoms with E-state index < -0.39 is 6.10 Å². The van der Waals surface area contributed by atoms with E-state index in [1.807, 2.05) is 18.2 Å². The van der Waals surface area contributed by atoms with Crippen molar-refractivity contribution in [1.82, 2.24) is 5.32 Å². The summed E-state index contributed by atoms with van der Waals surface area (Å²) < 4.78 is 16.3. The first-order chi connectivity index (χ1) is 16.0. The quantitative estimate of drug-likeness (QED) is 0.429. The van der Waals surface area contributed by atoms with Crippen LogP contribution in [0.5, 0.6) is 11.5 Å². The highest BCUT2D eigenvalue weighted by molar-refractivity contribution is 5.83. The van der Waals surface area contributed by atoms with Crippen LogP contribution in [0.4, 0.5) is 0 Å². The van der Waals surface area contributed by atoms with Crippen LogP contribution in [0.1, 0.15) is 11.7 Å². The molecule has 1 amide bonds. The van der Waals surface area contributed by atoms with Crippen LogP contribution in [-0.4, -0.2) is 31.3 Å². The molecule has 1 atom stereocenters. The Kier molecular flexibility index (Phi) is 6.71. The predicted molar refractivity (Wildman–Crippen MR) is 124 cm³/mol. The van der Waals surface area contributed by atoms with Crippen molar-refractivity contribution in [2.24, 2.45) is 0 Å². The first kappa shape index (κ1) is 22.1. The highest BCUT2D eigenvalue weighted by atomic mass is 16.5. The third-order valence-corrected chi connectivity index (χ3v) is 5.19. The minimum Gasteiger partial charge on any atom is -0.497 e. The molecule has 0 bridgehead atoms. The number of aliphatic hydroxyl groups is 1. The second-order valence-electron chi connectivity index (χ2n) is 7.38. The Hall–Kier alpha value is -4.10. The monoisotopic (exact) mass is 445 g/mol. The summed E-state index contributed by atoms with van der Waals surface area (Å²) in [5, 5.41) is 13.2. The molecule has 0 spiro atoms. The van der Waals surface area contributed by atoms with Crippen molar-refractivity contribution in [3.8, 4) is 22.6 Å². The number of nitrogens with one attached hydrogen (secondary N) is 1. The van der Waals surface area contributed by atoms with Crippen LogP contribution in [0, 0.1) is 0 Å². The lowest BCUT2D eigenvalue weighted by Gasteiger charge is -2.12. The SMILES string of the molecule is COc1ccc(-c2coc3cc(OCC(=O)NC[C@H](O)c4ccccc4)ccc3c2=O)cc1. The molecule has 0 aliphatic carbocycles. The average Bonchev–Trinajstić information content (AvgIpc) is 2.87. The summed E-state index contributed by atoms with van der Waals surface area (Å²) in [7, 11) is 1.58. The fourth-order valence-electron chi connectivity index (χ4n) is 3.37. The van der Waals surface area contributed by atoms with Crippen LogP contribution in [0.2, 0.25) is 0 Å². The number of hydrogen-bond acceptors (Lipinski definition) is 6. The Labute approximate surface area is 190 Å². The highest BCUT2D eigenvalue weighted by Crippen LogP contribution is 2.24. The number of methoxy groups -OCH3 is 1. The van der Waals surface area contributed by atoms with Crippen molar-refractivity contribution in [3.63, 3.8) is 0 Å². The van der Waals surface area contributed by atoms with E-state index in [9.17, 15) is 14.7 Å². The van der Waals surface area contributed by atoms with Crippen LogP contribution < -0.4 is 20.2 Å². The highest BCUT2D eigenvalue weighted by Gasteiger charge is 2.12. The largest absolute Gasteiger partial charge is 0.497 e. The lowest BCUT2D eigenvalue weighted by atomic mass is 10.1. The lowest BCUT2D eigenvalue weighted by molar-refractivity contribution is -0.123. The van der Waals surface area contributed by atoms with Crippen LogP contribution in [0.3, 0.4) is 0 Å². The zero-order valence-electron chi connectivity index (χ0n) is 18.0. The average molecular weight is 445 g/mol. The first-order valence-corrected chi connectivity index (χ1v) is 10.4. The van der Waals surface area contributed by atoms with Crippen molar-refractivity contribution < 1.29 is 23.8 Å². The van der Waals surface area contributed by atoms with Crippen molar-refractivity contribution in [1.29, 1.82) is 0 Å². The molecule has 1 heterocycles. The smallest absolute Gasteiger partial charge is 0.258 e. The molecule has 0 saturated heterocycles. The van der Waals surface area contributed by atoms with Gasteiger partial charge in [-0.05, 0) is 35.4 Å². The van der Waals surface area contributed by atoms with Crippen molar-refractivity contribution in [2.75, 3.05) is 20.3 Å². The third-order valence-electron chi connectivity index (χ3n) is 5.19. The number of hydrogen-bond donors (Lipinski definition) is 2. The fraction of sp³-hybridized carbons (Fsp3) is 0.154. The molecule has 0 aliphatic heterocycles. The van der Waals surface area contributed by atoms with E-state index in [1.165, 1.54) is 6.26 Å². The molecule has 0 radical (unpaired) electrons. The molecule has 3 aromatic carbocycles. The van der Waals surface area contributed by atoms with Gasteiger partial charge in [-0.2, -0.15) is 0 Å². The standard InChI is InChI=1S/C26H23NO6/c1-31-19-9-7-17(8-10-19)22-15-33-24-13-20(11-12-21(24)26(22)30)32-16-25(29)27-14-23(28)18-5-3-2-4-6-18/h2-13,15,23,28H,14,16H2,1H3,(H,27,29)/t23-/m0/s1. The summed E-state index contributed by atoms with van der Waals surface area (Å²) in [4.78, 5) is 25.0. The third kappa shape index (κ3) is 5.22. The van der Waals surface area contributed by atoms with Gasteiger partial charge in [0.25, 0.3) is 5.91 Å². The number of carbonyl (C=O) groups excluding carboxylic acids is 1. The number of rotatable bonds is 8. The Morgan fingerprint density at radius 1 is 1.03 bits per heavy atom. The summed E-state index contributed by atoms with van der Waals surface area (Å²) in [5.41, 5.74) is 2.07. The van der Waals surface area contributed by atoms with E-state index in [1.54, 1.807) is 61.7 Å². The van der Waals surface area contributed by atoms with Gasteiger partial charge in [0.2, 0.25) is 0 Å². The zero-order valence-corrected chi connectivity index (χ0v) is 18.0. The van der Waals surface area contributed by atoms with Gasteiger partial charge in [0, 0.05) is 12.6 Å². The summed E-state index contributed by atoms with van der Waals surface area (Å²) in [5.74, 6) is 0.715. The van der Waals surface area contributed by atoms with Crippen LogP contribution in [0.25, 0.3) is 22.1 Å². The van der Waals surface area contributed by atoms with Gasteiger partial charge in [-0.3, -0.25) is 9.59 Å². The van der Waals surface area contributed by atoms with Crippen molar-refractivity contribution >= 4 is 16.9 Å². The molecular weight excluding hydrogens is 422 g/mol. The number of aliphatic hydroxyl groups excluding tert-OH is 1. The zero-order chi connectivity index (χ0) is 23.2. The number of benzene rings is 3. The normalized spacial score (nSPS) is 11.7. The Morgan fingerprint density at radius 2 is 1.76 bits per heavy atom. The minimum atomic E-state index is -0.801. The van der Waals surface area contributed by atoms with Crippen molar-refractivity contribution in [2.45, 2.75) is 6.10 Å². The summed E-state index contributed by atoms with van der Waals surface area (Å²) in [6.45, 7) is -0.159. The first-order valence-electron chi connectivity index (χ1n) is 10.4. The van der Waals surface area contributed by atoms with Gasteiger partial charge < -0.3 is 24.3 Å². The maximum Gasteiger partial charge on any atom is 0.258 e. The molecule has 4 aromatic rings. The van der Waals surface area contributed by atoms with Crippen LogP contribution >= 0.6 is 0 Å². The van der Waals surface area contributed by atoms with E-state index in [2.05, 4.69) is 5.32 Å². The maximum atomic E-state index is 12.9. The van der Waals surface area contributed by atoms with Crippen LogP contribution in [-0.2, 0) is 4.79 Å². The van der Waals surface area contributed by atoms with E-state index in [0.29, 0.717) is 28.0 Å². The summed E-state index contributed by atoms with van der Waals surface area (Å²) in [6.07, 6.45) is 0.610. The topological polar surface area (TPSA) is 98.0 Å². The van der Waals surface area contributed by atoms with E-state index in [4.69, 9.17) is 13.9 Å². The molecule has 1 aromatic heterocycles. The molecule has 0 aliphatic rings. The summed E-state index contributed by atoms with van der Waals surface area (Å²) in [6, 6.07) is 21.0. The number of carbonyl (C=O) groups is 1. The van der Waals surface area contributed by atoms with Gasteiger partial charge in [-0.1, -0.05) is 42.5 Å². The van der Waals surface area contributed by atoms with Crippen LogP contribution in [0.15, 0.2) is 88.3 Å². The predicted octanol–water partition coefficient (Wildman–Crippen LogP) is 3.70. The molecule has 7 heteroatoms. The Morgan fingerprint density at radius 3 is 2.48 bits per heavy atom. The Bertz CT molecular complexity index is 1300. The molecular formula is C26H23NO6. The summed E-state index contributed by atoms with van der Waals surface area (Å²) >= 11 is 0. The van der Waals surface area contributed by atoms with E-state index in [-0.39, 0.29) is 24.5 Å². The second-order valence-corrected chi connectivity index (χ2v) is 7.38. The molecule has 4 rings (SSSR count). The van der Waals surface area contributed by atoms with Crippen molar-refractivity contribution in [3.05, 3.63) is 94.8 Å². The fourth-order valence-corrected chi connectivity index (χ4v) is 3.37. The number of ether oxygens (including phenoxy) is 2. The maximum absolute atomic E-state index is 12.9. The lowest BCUT2D eigenvalue weighted by Crippen LogP contribution is -2.32. The number of amides is 1. The van der Waals surface area contributed by atoms with Gasteiger partial charge in [-0.15, -0.1) is 0 Å². The second kappa shape index (κ2) is 10.0. The minimum absolute atomic E-state index is 0.0763. The van der Waals surface area contributed by atoms with Gasteiger partial charge in [0.1, 0.15) is 23.3 Å².